The van der Waals surface area contributed by atoms with E-state index in [9.17, 15) is 0 Å². The molecule has 0 radical (unpaired) electrons. The van der Waals surface area contributed by atoms with Gasteiger partial charge in [0.1, 0.15) is 0 Å². The summed E-state index contributed by atoms with van der Waals surface area (Å²) in [6, 6.07) is 0. The standard InChI is InChI=1S/C26H44O2Si/c1-15(2)27-29(28-16(3)4,25-21-7-17-5-18(9-21)10-22(25)8-17)26-23-11-19-6-20(13-23)14-24(26)12-19/h15-26H,5-14H2,1-4H3. The van der Waals surface area contributed by atoms with Crippen molar-refractivity contribution >= 4 is 8.56 Å². The van der Waals surface area contributed by atoms with E-state index in [1.807, 2.05) is 0 Å². The van der Waals surface area contributed by atoms with Gasteiger partial charge >= 0.3 is 8.56 Å². The molecular formula is C26H44O2Si. The van der Waals surface area contributed by atoms with Crippen LogP contribution in [-0.2, 0) is 8.85 Å². The Balaban J connectivity index is 1.43. The monoisotopic (exact) mass is 416 g/mol. The second-order valence-electron chi connectivity index (χ2n) is 13.0. The fraction of sp³-hybridized carbons (Fsp3) is 1.00. The summed E-state index contributed by atoms with van der Waals surface area (Å²) in [5, 5.41) is 0. The van der Waals surface area contributed by atoms with Crippen LogP contribution < -0.4 is 0 Å². The van der Waals surface area contributed by atoms with Gasteiger partial charge in [-0.05, 0) is 139 Å². The van der Waals surface area contributed by atoms with E-state index in [1.165, 1.54) is 51.4 Å². The topological polar surface area (TPSA) is 18.5 Å². The molecule has 164 valence electrons. The van der Waals surface area contributed by atoms with Crippen molar-refractivity contribution in [2.75, 3.05) is 0 Å². The largest absolute Gasteiger partial charge is 0.391 e. The molecule has 0 aromatic rings. The van der Waals surface area contributed by atoms with E-state index in [0.29, 0.717) is 12.2 Å². The van der Waals surface area contributed by atoms with E-state index in [0.717, 1.165) is 58.4 Å². The van der Waals surface area contributed by atoms with Gasteiger partial charge in [0.15, 0.2) is 0 Å². The second-order valence-corrected chi connectivity index (χ2v) is 16.2. The Hall–Kier alpha value is 0.137. The first-order valence-electron chi connectivity index (χ1n) is 13.3. The molecule has 8 rings (SSSR count). The van der Waals surface area contributed by atoms with Crippen LogP contribution in [-0.4, -0.2) is 20.8 Å². The van der Waals surface area contributed by atoms with Gasteiger partial charge in [-0.1, -0.05) is 0 Å². The number of rotatable bonds is 6. The summed E-state index contributed by atoms with van der Waals surface area (Å²) in [5.74, 6) is 7.85. The third kappa shape index (κ3) is 3.15. The lowest BCUT2D eigenvalue weighted by Crippen LogP contribution is -2.65. The Bertz CT molecular complexity index is 518. The first-order chi connectivity index (χ1) is 13.9. The fourth-order valence-electron chi connectivity index (χ4n) is 10.5. The zero-order valence-electron chi connectivity index (χ0n) is 19.3. The molecule has 0 aliphatic heterocycles. The second kappa shape index (κ2) is 7.07. The van der Waals surface area contributed by atoms with Crippen LogP contribution in [0, 0.1) is 47.3 Å². The predicted octanol–water partition coefficient (Wildman–Crippen LogP) is 6.93. The molecule has 2 nitrogen and oxygen atoms in total. The van der Waals surface area contributed by atoms with E-state index in [2.05, 4.69) is 27.7 Å². The molecule has 0 unspecified atom stereocenters. The van der Waals surface area contributed by atoms with Gasteiger partial charge in [0.25, 0.3) is 0 Å². The van der Waals surface area contributed by atoms with Gasteiger partial charge < -0.3 is 8.85 Å². The Morgan fingerprint density at radius 3 is 1.00 bits per heavy atom. The first kappa shape index (κ1) is 19.8. The molecule has 0 aromatic heterocycles. The van der Waals surface area contributed by atoms with Gasteiger partial charge in [0.05, 0.1) is 0 Å². The molecule has 8 bridgehead atoms. The van der Waals surface area contributed by atoms with Crippen molar-refractivity contribution in [3.05, 3.63) is 0 Å². The Labute approximate surface area is 180 Å². The molecule has 0 atom stereocenters. The van der Waals surface area contributed by atoms with Crippen molar-refractivity contribution in [2.24, 2.45) is 47.3 Å². The highest BCUT2D eigenvalue weighted by molar-refractivity contribution is 6.71. The van der Waals surface area contributed by atoms with E-state index < -0.39 is 8.56 Å². The number of hydrogen-bond donors (Lipinski definition) is 0. The Morgan fingerprint density at radius 2 is 0.759 bits per heavy atom. The van der Waals surface area contributed by atoms with Crippen LogP contribution in [0.25, 0.3) is 0 Å². The highest BCUT2D eigenvalue weighted by atomic mass is 28.4. The summed E-state index contributed by atoms with van der Waals surface area (Å²) in [7, 11) is -2.33. The molecule has 0 N–H and O–H groups in total. The van der Waals surface area contributed by atoms with Gasteiger partial charge in [-0.25, -0.2) is 0 Å². The molecular weight excluding hydrogens is 372 g/mol. The van der Waals surface area contributed by atoms with Crippen molar-refractivity contribution in [3.63, 3.8) is 0 Å². The Morgan fingerprint density at radius 1 is 0.483 bits per heavy atom. The van der Waals surface area contributed by atoms with Gasteiger partial charge in [-0.2, -0.15) is 0 Å². The molecule has 8 aliphatic carbocycles. The molecule has 0 spiro atoms. The van der Waals surface area contributed by atoms with Gasteiger partial charge in [-0.15, -0.1) is 0 Å². The minimum atomic E-state index is -2.33. The zero-order valence-corrected chi connectivity index (χ0v) is 20.3. The minimum Gasteiger partial charge on any atom is -0.391 e. The Kier molecular flexibility index (Phi) is 4.83. The van der Waals surface area contributed by atoms with E-state index in [1.54, 1.807) is 12.8 Å². The lowest BCUT2D eigenvalue weighted by Gasteiger charge is -2.64. The molecule has 8 saturated carbocycles. The molecule has 8 fully saturated rings. The summed E-state index contributed by atoms with van der Waals surface area (Å²) in [5.41, 5.74) is 1.59. The van der Waals surface area contributed by atoms with Gasteiger partial charge in [-0.3, -0.25) is 0 Å². The van der Waals surface area contributed by atoms with Crippen LogP contribution in [0.1, 0.15) is 91.9 Å². The molecule has 3 heteroatoms. The van der Waals surface area contributed by atoms with Crippen molar-refractivity contribution in [2.45, 2.75) is 115 Å². The quantitative estimate of drug-likeness (QED) is 0.437. The lowest BCUT2D eigenvalue weighted by atomic mass is 9.55. The highest BCUT2D eigenvalue weighted by Crippen LogP contribution is 2.69. The van der Waals surface area contributed by atoms with Crippen molar-refractivity contribution < 1.29 is 8.85 Å². The van der Waals surface area contributed by atoms with Crippen LogP contribution in [0.4, 0.5) is 0 Å². The first-order valence-corrected chi connectivity index (χ1v) is 15.2. The van der Waals surface area contributed by atoms with E-state index in [4.69, 9.17) is 8.85 Å². The van der Waals surface area contributed by atoms with Crippen LogP contribution in [0.2, 0.25) is 11.1 Å². The third-order valence-corrected chi connectivity index (χ3v) is 15.6. The summed E-state index contributed by atoms with van der Waals surface area (Å²) in [4.78, 5) is 0. The highest BCUT2D eigenvalue weighted by Gasteiger charge is 2.68. The summed E-state index contributed by atoms with van der Waals surface area (Å²) in [6.45, 7) is 9.21. The lowest BCUT2D eigenvalue weighted by molar-refractivity contribution is -0.0429. The van der Waals surface area contributed by atoms with Crippen LogP contribution in [0.5, 0.6) is 0 Å². The third-order valence-electron chi connectivity index (χ3n) is 10.2. The average molecular weight is 417 g/mol. The summed E-state index contributed by atoms with van der Waals surface area (Å²) >= 11 is 0. The van der Waals surface area contributed by atoms with Crippen LogP contribution in [0.3, 0.4) is 0 Å². The van der Waals surface area contributed by atoms with Gasteiger partial charge in [0, 0.05) is 23.3 Å². The SMILES string of the molecule is CC(C)O[Si](OC(C)C)(C1C2CC3CC(C2)CC1C3)C1C2CC3CC(C2)CC1C3. The van der Waals surface area contributed by atoms with Gasteiger partial charge in [0.2, 0.25) is 0 Å². The van der Waals surface area contributed by atoms with Crippen LogP contribution >= 0.6 is 0 Å². The minimum absolute atomic E-state index is 0.315. The maximum atomic E-state index is 7.32. The zero-order chi connectivity index (χ0) is 19.9. The smallest absolute Gasteiger partial charge is 0.346 e. The average Bonchev–Trinajstić information content (AvgIpc) is 2.58. The molecule has 0 aromatic carbocycles. The summed E-state index contributed by atoms with van der Waals surface area (Å²) in [6.07, 6.45) is 15.7. The summed E-state index contributed by atoms with van der Waals surface area (Å²) < 4.78 is 14.6. The van der Waals surface area contributed by atoms with Crippen LogP contribution in [0.15, 0.2) is 0 Å². The molecule has 0 heterocycles. The van der Waals surface area contributed by atoms with Crippen molar-refractivity contribution in [3.8, 4) is 0 Å². The normalized spacial score (nSPS) is 50.3. The van der Waals surface area contributed by atoms with Crippen molar-refractivity contribution in [1.82, 2.24) is 0 Å². The molecule has 0 saturated heterocycles. The molecule has 29 heavy (non-hydrogen) atoms. The fourth-order valence-corrected chi connectivity index (χ4v) is 16.8. The maximum Gasteiger partial charge on any atom is 0.346 e. The maximum absolute atomic E-state index is 7.32. The number of hydrogen-bond acceptors (Lipinski definition) is 2. The van der Waals surface area contributed by atoms with Crippen molar-refractivity contribution in [1.29, 1.82) is 0 Å². The molecule has 0 amide bonds. The predicted molar refractivity (Wildman–Crippen MR) is 120 cm³/mol. The molecule has 8 aliphatic rings. The van der Waals surface area contributed by atoms with E-state index in [-0.39, 0.29) is 0 Å². The van der Waals surface area contributed by atoms with E-state index >= 15 is 0 Å².